The van der Waals surface area contributed by atoms with E-state index in [0.717, 1.165) is 30.9 Å². The highest BCUT2D eigenvalue weighted by Gasteiger charge is 2.01. The molecule has 0 atom stereocenters. The molecule has 0 fully saturated rings. The zero-order valence-electron chi connectivity index (χ0n) is 14.9. The average molecular weight is 355 g/mol. The van der Waals surface area contributed by atoms with Gasteiger partial charge in [-0.05, 0) is 25.3 Å². The summed E-state index contributed by atoms with van der Waals surface area (Å²) < 4.78 is 24.5. The standard InChI is InChI=1S/C17H30N4O2S/c1-4-5-11-18-17(19-12-6-13-21-24(3,22)23)20-14-16-9-7-15(2)8-10-16/h7-10,21H,4-6,11-14H2,1-3H3,(H2,18,19,20). The number of guanidine groups is 1. The molecule has 6 nitrogen and oxygen atoms in total. The maximum atomic E-state index is 11.0. The van der Waals surface area contributed by atoms with Gasteiger partial charge in [-0.2, -0.15) is 0 Å². The first-order chi connectivity index (χ1) is 11.4. The lowest BCUT2D eigenvalue weighted by Crippen LogP contribution is -2.39. The number of sulfonamides is 1. The number of aliphatic imine (C=N–C) groups is 1. The summed E-state index contributed by atoms with van der Waals surface area (Å²) in [6, 6.07) is 8.33. The van der Waals surface area contributed by atoms with Crippen molar-refractivity contribution in [3.8, 4) is 0 Å². The van der Waals surface area contributed by atoms with Crippen molar-refractivity contribution in [2.45, 2.75) is 39.7 Å². The first-order valence-corrected chi connectivity index (χ1v) is 10.3. The Morgan fingerprint density at radius 2 is 1.67 bits per heavy atom. The molecule has 24 heavy (non-hydrogen) atoms. The molecule has 3 N–H and O–H groups in total. The zero-order valence-corrected chi connectivity index (χ0v) is 15.7. The van der Waals surface area contributed by atoms with Crippen molar-refractivity contribution in [2.75, 3.05) is 25.9 Å². The molecular formula is C17H30N4O2S. The third kappa shape index (κ3) is 10.2. The van der Waals surface area contributed by atoms with Crippen molar-refractivity contribution in [3.63, 3.8) is 0 Å². The van der Waals surface area contributed by atoms with Gasteiger partial charge in [0.05, 0.1) is 12.8 Å². The molecule has 0 radical (unpaired) electrons. The number of unbranched alkanes of at least 4 members (excludes halogenated alkanes) is 1. The smallest absolute Gasteiger partial charge is 0.208 e. The van der Waals surface area contributed by atoms with Gasteiger partial charge in [-0.3, -0.25) is 0 Å². The Hall–Kier alpha value is -1.60. The lowest BCUT2D eigenvalue weighted by Gasteiger charge is -2.12. The maximum absolute atomic E-state index is 11.0. The van der Waals surface area contributed by atoms with E-state index in [1.165, 1.54) is 11.8 Å². The molecule has 0 spiro atoms. The van der Waals surface area contributed by atoms with Gasteiger partial charge in [0.2, 0.25) is 10.0 Å². The number of benzene rings is 1. The minimum absolute atomic E-state index is 0.423. The SMILES string of the molecule is CCCCNC(=NCc1ccc(C)cc1)NCCCNS(C)(=O)=O. The summed E-state index contributed by atoms with van der Waals surface area (Å²) in [6.45, 7) is 6.79. The fourth-order valence-corrected chi connectivity index (χ4v) is 2.49. The van der Waals surface area contributed by atoms with Gasteiger partial charge >= 0.3 is 0 Å². The first-order valence-electron chi connectivity index (χ1n) is 8.43. The van der Waals surface area contributed by atoms with Gasteiger partial charge in [-0.1, -0.05) is 43.2 Å². The van der Waals surface area contributed by atoms with Crippen molar-refractivity contribution in [1.29, 1.82) is 0 Å². The number of hydrogen-bond donors (Lipinski definition) is 3. The highest BCUT2D eigenvalue weighted by atomic mass is 32.2. The first kappa shape index (κ1) is 20.4. The van der Waals surface area contributed by atoms with Gasteiger partial charge in [-0.15, -0.1) is 0 Å². The van der Waals surface area contributed by atoms with Crippen LogP contribution in [0.2, 0.25) is 0 Å². The normalized spacial score (nSPS) is 12.2. The van der Waals surface area contributed by atoms with E-state index in [9.17, 15) is 8.42 Å². The molecule has 0 aromatic heterocycles. The van der Waals surface area contributed by atoms with Gasteiger partial charge in [0.1, 0.15) is 0 Å². The third-order valence-electron chi connectivity index (χ3n) is 3.37. The molecule has 1 aromatic rings. The van der Waals surface area contributed by atoms with E-state index >= 15 is 0 Å². The summed E-state index contributed by atoms with van der Waals surface area (Å²) in [5.41, 5.74) is 2.40. The molecule has 0 aliphatic heterocycles. The number of nitrogens with zero attached hydrogens (tertiary/aromatic N) is 1. The minimum atomic E-state index is -3.12. The Labute approximate surface area is 146 Å². The molecule has 0 bridgehead atoms. The minimum Gasteiger partial charge on any atom is -0.356 e. The van der Waals surface area contributed by atoms with Crippen LogP contribution in [0.5, 0.6) is 0 Å². The molecule has 0 unspecified atom stereocenters. The quantitative estimate of drug-likeness (QED) is 0.340. The van der Waals surface area contributed by atoms with E-state index in [2.05, 4.69) is 58.5 Å². The van der Waals surface area contributed by atoms with E-state index in [0.29, 0.717) is 26.1 Å². The van der Waals surface area contributed by atoms with Gasteiger partial charge in [-0.25, -0.2) is 18.1 Å². The fraction of sp³-hybridized carbons (Fsp3) is 0.588. The van der Waals surface area contributed by atoms with E-state index in [1.54, 1.807) is 0 Å². The van der Waals surface area contributed by atoms with E-state index in [-0.39, 0.29) is 0 Å². The van der Waals surface area contributed by atoms with Gasteiger partial charge in [0.25, 0.3) is 0 Å². The molecule has 1 rings (SSSR count). The van der Waals surface area contributed by atoms with Crippen LogP contribution < -0.4 is 15.4 Å². The molecule has 0 amide bonds. The van der Waals surface area contributed by atoms with E-state index in [1.807, 2.05) is 0 Å². The molecule has 0 aliphatic rings. The molecule has 0 saturated heterocycles. The van der Waals surface area contributed by atoms with Crippen LogP contribution in [0, 0.1) is 6.92 Å². The van der Waals surface area contributed by atoms with E-state index < -0.39 is 10.0 Å². The Kier molecular flexibility index (Phi) is 9.41. The summed E-state index contributed by atoms with van der Waals surface area (Å²) in [7, 11) is -3.12. The number of rotatable bonds is 10. The monoisotopic (exact) mass is 354 g/mol. The lowest BCUT2D eigenvalue weighted by molar-refractivity contribution is 0.584. The molecule has 0 aliphatic carbocycles. The van der Waals surface area contributed by atoms with Crippen LogP contribution in [-0.4, -0.2) is 40.3 Å². The predicted molar refractivity (Wildman–Crippen MR) is 101 cm³/mol. The maximum Gasteiger partial charge on any atom is 0.208 e. The van der Waals surface area contributed by atoms with Crippen LogP contribution in [-0.2, 0) is 16.6 Å². The second-order valence-corrected chi connectivity index (χ2v) is 7.71. The Balaban J connectivity index is 2.46. The van der Waals surface area contributed by atoms with Crippen molar-refractivity contribution < 1.29 is 8.42 Å². The lowest BCUT2D eigenvalue weighted by atomic mass is 10.1. The van der Waals surface area contributed by atoms with Gasteiger partial charge in [0, 0.05) is 19.6 Å². The summed E-state index contributed by atoms with van der Waals surface area (Å²) in [5.74, 6) is 0.767. The van der Waals surface area contributed by atoms with Crippen molar-refractivity contribution in [1.82, 2.24) is 15.4 Å². The molecule has 1 aromatic carbocycles. The van der Waals surface area contributed by atoms with Crippen LogP contribution in [0.1, 0.15) is 37.3 Å². The topological polar surface area (TPSA) is 82.6 Å². The van der Waals surface area contributed by atoms with Crippen molar-refractivity contribution in [3.05, 3.63) is 35.4 Å². The van der Waals surface area contributed by atoms with Crippen LogP contribution in [0.25, 0.3) is 0 Å². The van der Waals surface area contributed by atoms with Crippen molar-refractivity contribution >= 4 is 16.0 Å². The van der Waals surface area contributed by atoms with Crippen LogP contribution >= 0.6 is 0 Å². The molecule has 7 heteroatoms. The second kappa shape index (κ2) is 11.0. The average Bonchev–Trinajstić information content (AvgIpc) is 2.52. The summed E-state index contributed by atoms with van der Waals surface area (Å²) >= 11 is 0. The Bertz CT molecular complexity index is 598. The summed E-state index contributed by atoms with van der Waals surface area (Å²) in [5, 5.41) is 6.56. The number of aryl methyl sites for hydroxylation is 1. The van der Waals surface area contributed by atoms with Gasteiger partial charge in [0.15, 0.2) is 5.96 Å². The highest BCUT2D eigenvalue weighted by Crippen LogP contribution is 2.04. The van der Waals surface area contributed by atoms with Crippen LogP contribution in [0.4, 0.5) is 0 Å². The second-order valence-electron chi connectivity index (χ2n) is 5.88. The third-order valence-corrected chi connectivity index (χ3v) is 4.10. The molecule has 136 valence electrons. The predicted octanol–water partition coefficient (Wildman–Crippen LogP) is 1.77. The highest BCUT2D eigenvalue weighted by molar-refractivity contribution is 7.88. The van der Waals surface area contributed by atoms with Crippen molar-refractivity contribution in [2.24, 2.45) is 4.99 Å². The fourth-order valence-electron chi connectivity index (χ4n) is 1.97. The largest absolute Gasteiger partial charge is 0.356 e. The van der Waals surface area contributed by atoms with E-state index in [4.69, 9.17) is 0 Å². The number of nitrogens with one attached hydrogen (secondary N) is 3. The number of hydrogen-bond acceptors (Lipinski definition) is 3. The summed E-state index contributed by atoms with van der Waals surface area (Å²) in [4.78, 5) is 4.60. The van der Waals surface area contributed by atoms with Crippen LogP contribution in [0.15, 0.2) is 29.3 Å². The molecular weight excluding hydrogens is 324 g/mol. The Morgan fingerprint density at radius 1 is 1.04 bits per heavy atom. The van der Waals surface area contributed by atoms with Gasteiger partial charge < -0.3 is 10.6 Å². The zero-order chi connectivity index (χ0) is 17.8. The molecule has 0 heterocycles. The molecule has 0 saturated carbocycles. The summed E-state index contributed by atoms with van der Waals surface area (Å²) in [6.07, 6.45) is 4.07. The Morgan fingerprint density at radius 3 is 2.25 bits per heavy atom. The van der Waals surface area contributed by atoms with Crippen LogP contribution in [0.3, 0.4) is 0 Å².